The normalized spacial score (nSPS) is 40.9. The molecule has 3 fully saturated rings. The monoisotopic (exact) mass is 377 g/mol. The van der Waals surface area contributed by atoms with E-state index in [-0.39, 0.29) is 35.5 Å². The third kappa shape index (κ3) is 1.52. The summed E-state index contributed by atoms with van der Waals surface area (Å²) in [4.78, 5) is 27.2. The fourth-order valence-electron chi connectivity index (χ4n) is 4.84. The molecular weight excluding hydrogens is 366 g/mol. The highest BCUT2D eigenvalue weighted by Crippen LogP contribution is 2.65. The second-order valence-corrected chi connectivity index (χ2v) is 8.03. The summed E-state index contributed by atoms with van der Waals surface area (Å²) in [5.74, 6) is 1.36. The molecule has 0 aromatic heterocycles. The van der Waals surface area contributed by atoms with Crippen LogP contribution in [-0.2, 0) is 9.59 Å². The van der Waals surface area contributed by atoms with E-state index in [9.17, 15) is 9.59 Å². The zero-order valence-electron chi connectivity index (χ0n) is 11.6. The van der Waals surface area contributed by atoms with Crippen LogP contribution >= 0.6 is 27.5 Å². The van der Waals surface area contributed by atoms with E-state index < -0.39 is 0 Å². The fourth-order valence-corrected chi connectivity index (χ4v) is 5.26. The van der Waals surface area contributed by atoms with E-state index >= 15 is 0 Å². The first-order valence-electron chi connectivity index (χ1n) is 7.59. The first kappa shape index (κ1) is 13.3. The fraction of sp³-hybridized carbons (Fsp3) is 0.412. The smallest absolute Gasteiger partial charge is 0.238 e. The van der Waals surface area contributed by atoms with Gasteiger partial charge in [-0.15, -0.1) is 0 Å². The Bertz CT molecular complexity index is 725. The highest BCUT2D eigenvalue weighted by atomic mass is 79.9. The molecular formula is C17H13BrClNO2. The summed E-state index contributed by atoms with van der Waals surface area (Å²) in [5.41, 5.74) is 0.589. The molecule has 6 rings (SSSR count). The van der Waals surface area contributed by atoms with Crippen molar-refractivity contribution in [2.75, 3.05) is 4.90 Å². The van der Waals surface area contributed by atoms with Crippen LogP contribution in [0.25, 0.3) is 0 Å². The second-order valence-electron chi connectivity index (χ2n) is 6.76. The van der Waals surface area contributed by atoms with Gasteiger partial charge in [0, 0.05) is 4.47 Å². The maximum atomic E-state index is 12.9. The molecule has 1 saturated heterocycles. The van der Waals surface area contributed by atoms with Gasteiger partial charge in [0.25, 0.3) is 0 Å². The molecule has 5 heteroatoms. The Morgan fingerprint density at radius 3 is 2.18 bits per heavy atom. The maximum absolute atomic E-state index is 12.9. The van der Waals surface area contributed by atoms with E-state index in [4.69, 9.17) is 11.6 Å². The lowest BCUT2D eigenvalue weighted by molar-refractivity contribution is -0.124. The third-order valence-corrected chi connectivity index (χ3v) is 7.06. The number of anilines is 1. The molecule has 0 spiro atoms. The summed E-state index contributed by atoms with van der Waals surface area (Å²) in [6, 6.07) is 5.25. The van der Waals surface area contributed by atoms with Gasteiger partial charge in [-0.25, -0.2) is 4.90 Å². The molecule has 4 aliphatic carbocycles. The molecule has 1 aromatic carbocycles. The van der Waals surface area contributed by atoms with Gasteiger partial charge in [-0.1, -0.05) is 23.8 Å². The average Bonchev–Trinajstić information content (AvgIpc) is 3.28. The van der Waals surface area contributed by atoms with Gasteiger partial charge in [0.2, 0.25) is 11.8 Å². The first-order chi connectivity index (χ1) is 10.6. The van der Waals surface area contributed by atoms with Crippen molar-refractivity contribution >= 4 is 45.0 Å². The predicted octanol–water partition coefficient (Wildman–Crippen LogP) is 3.66. The molecule has 0 radical (unpaired) electrons. The maximum Gasteiger partial charge on any atom is 0.238 e. The number of halogens is 2. The Morgan fingerprint density at radius 2 is 1.64 bits per heavy atom. The topological polar surface area (TPSA) is 37.4 Å². The van der Waals surface area contributed by atoms with Gasteiger partial charge in [0.15, 0.2) is 0 Å². The molecule has 112 valence electrons. The number of allylic oxidation sites excluding steroid dienone is 2. The van der Waals surface area contributed by atoms with Crippen molar-refractivity contribution in [1.29, 1.82) is 0 Å². The van der Waals surface area contributed by atoms with Crippen LogP contribution in [0, 0.1) is 35.5 Å². The number of benzene rings is 1. The molecule has 1 aromatic rings. The molecule has 0 N–H and O–H groups in total. The van der Waals surface area contributed by atoms with Crippen molar-refractivity contribution in [2.24, 2.45) is 35.5 Å². The Kier molecular flexibility index (Phi) is 2.56. The summed E-state index contributed by atoms with van der Waals surface area (Å²) in [6.45, 7) is 0. The van der Waals surface area contributed by atoms with Crippen LogP contribution < -0.4 is 4.90 Å². The number of amides is 2. The number of imide groups is 1. The van der Waals surface area contributed by atoms with Crippen LogP contribution in [0.1, 0.15) is 6.42 Å². The van der Waals surface area contributed by atoms with Gasteiger partial charge in [0.1, 0.15) is 0 Å². The summed E-state index contributed by atoms with van der Waals surface area (Å²) in [6.07, 6.45) is 5.55. The summed E-state index contributed by atoms with van der Waals surface area (Å²) in [7, 11) is 0. The van der Waals surface area contributed by atoms with Crippen LogP contribution in [-0.4, -0.2) is 11.8 Å². The Hall–Kier alpha value is -1.13. The minimum absolute atomic E-state index is 0.0434. The lowest BCUT2D eigenvalue weighted by Crippen LogP contribution is -2.40. The van der Waals surface area contributed by atoms with Crippen LogP contribution in [0.5, 0.6) is 0 Å². The van der Waals surface area contributed by atoms with Crippen molar-refractivity contribution in [1.82, 2.24) is 0 Å². The van der Waals surface area contributed by atoms with Gasteiger partial charge in [-0.05, 0) is 64.2 Å². The lowest BCUT2D eigenvalue weighted by Gasteiger charge is -2.37. The van der Waals surface area contributed by atoms with Gasteiger partial charge in [-0.2, -0.15) is 0 Å². The standard InChI is InChI=1S/C17H13BrClNO2/c18-12-4-1-7(5-13(12)19)20-16(21)14-8-2-3-9(11-6-10(8)11)15(14)17(20)22/h1-5,8-11,14-15H,6H2/t8-,9-,10-,11-,14+,15+/m0/s1. The van der Waals surface area contributed by atoms with Crippen LogP contribution in [0.3, 0.4) is 0 Å². The van der Waals surface area contributed by atoms with Crippen molar-refractivity contribution in [3.8, 4) is 0 Å². The Labute approximate surface area is 141 Å². The third-order valence-electron chi connectivity index (χ3n) is 5.82. The van der Waals surface area contributed by atoms with Crippen molar-refractivity contribution in [3.05, 3.63) is 39.8 Å². The van der Waals surface area contributed by atoms with E-state index in [1.165, 1.54) is 11.3 Å². The quantitative estimate of drug-likeness (QED) is 0.552. The van der Waals surface area contributed by atoms with Crippen molar-refractivity contribution in [2.45, 2.75) is 6.42 Å². The minimum atomic E-state index is -0.159. The van der Waals surface area contributed by atoms with Crippen LogP contribution in [0.15, 0.2) is 34.8 Å². The highest BCUT2D eigenvalue weighted by molar-refractivity contribution is 9.10. The van der Waals surface area contributed by atoms with Gasteiger partial charge >= 0.3 is 0 Å². The largest absolute Gasteiger partial charge is 0.274 e. The Morgan fingerprint density at radius 1 is 1.05 bits per heavy atom. The molecule has 2 bridgehead atoms. The summed E-state index contributed by atoms with van der Waals surface area (Å²) >= 11 is 9.47. The molecule has 1 aliphatic heterocycles. The van der Waals surface area contributed by atoms with Crippen LogP contribution in [0.2, 0.25) is 5.02 Å². The lowest BCUT2D eigenvalue weighted by atomic mass is 9.63. The van der Waals surface area contributed by atoms with E-state index in [2.05, 4.69) is 28.1 Å². The number of hydrogen-bond donors (Lipinski definition) is 0. The number of carbonyl (C=O) groups is 2. The zero-order chi connectivity index (χ0) is 15.2. The molecule has 1 heterocycles. The van der Waals surface area contributed by atoms with Gasteiger partial charge in [0.05, 0.1) is 22.5 Å². The molecule has 2 saturated carbocycles. The first-order valence-corrected chi connectivity index (χ1v) is 8.76. The molecule has 5 aliphatic rings. The van der Waals surface area contributed by atoms with E-state index in [0.29, 0.717) is 22.5 Å². The Balaban J connectivity index is 1.58. The average molecular weight is 379 g/mol. The molecule has 22 heavy (non-hydrogen) atoms. The molecule has 6 atom stereocenters. The molecule has 3 nitrogen and oxygen atoms in total. The minimum Gasteiger partial charge on any atom is -0.274 e. The van der Waals surface area contributed by atoms with E-state index in [1.807, 2.05) is 0 Å². The van der Waals surface area contributed by atoms with Crippen molar-refractivity contribution in [3.63, 3.8) is 0 Å². The van der Waals surface area contributed by atoms with Gasteiger partial charge < -0.3 is 0 Å². The van der Waals surface area contributed by atoms with Gasteiger partial charge in [-0.3, -0.25) is 9.59 Å². The van der Waals surface area contributed by atoms with Crippen molar-refractivity contribution < 1.29 is 9.59 Å². The summed E-state index contributed by atoms with van der Waals surface area (Å²) < 4.78 is 0.761. The number of carbonyl (C=O) groups excluding carboxylic acids is 2. The predicted molar refractivity (Wildman–Crippen MR) is 86.3 cm³/mol. The summed E-state index contributed by atoms with van der Waals surface area (Å²) in [5, 5.41) is 0.511. The number of hydrogen-bond acceptors (Lipinski definition) is 2. The SMILES string of the molecule is O=C1[C@@H]2[C@H]3C=C[C@@H]([C@@H]4C[C@@H]34)[C@H]2C(=O)N1c1ccc(Br)c(Cl)c1. The molecule has 0 unspecified atom stereocenters. The zero-order valence-corrected chi connectivity index (χ0v) is 13.9. The highest BCUT2D eigenvalue weighted by Gasteiger charge is 2.67. The second kappa shape index (κ2) is 4.24. The number of rotatable bonds is 1. The van der Waals surface area contributed by atoms with E-state index in [1.54, 1.807) is 18.2 Å². The van der Waals surface area contributed by atoms with E-state index in [0.717, 1.165) is 4.47 Å². The number of nitrogens with zero attached hydrogens (tertiary/aromatic N) is 1. The molecule has 2 amide bonds. The van der Waals surface area contributed by atoms with Crippen LogP contribution in [0.4, 0.5) is 5.69 Å².